The van der Waals surface area contributed by atoms with Gasteiger partial charge in [-0.2, -0.15) is 6.72 Å². The van der Waals surface area contributed by atoms with Crippen molar-refractivity contribution in [3.8, 4) is 0 Å². The van der Waals surface area contributed by atoms with E-state index in [9.17, 15) is 0 Å². The summed E-state index contributed by atoms with van der Waals surface area (Å²) in [6.45, 7) is 6.38. The summed E-state index contributed by atoms with van der Waals surface area (Å²) in [7, 11) is 0. The molecule has 1 nitrogen and oxygen atoms in total. The number of nitrogens with zero attached hydrogens (tertiary/aromatic N) is 1. The van der Waals surface area contributed by atoms with Crippen LogP contribution in [0.1, 0.15) is 6.92 Å². The third-order valence-electron chi connectivity index (χ3n) is 0.204. The molecule has 0 aliphatic heterocycles. The molecule has 0 saturated carbocycles. The Morgan fingerprint density at radius 3 is 2.33 bits per heavy atom. The second-order valence-electron chi connectivity index (χ2n) is 0.567. The molecule has 0 atom stereocenters. The average Bonchev–Trinajstić information content (AvgIpc) is 1.41. The molecule has 0 aromatic heterocycles. The van der Waals surface area contributed by atoms with E-state index in [1.54, 1.807) is 6.92 Å². The summed E-state index contributed by atoms with van der Waals surface area (Å²) >= 11 is 0. The van der Waals surface area contributed by atoms with Crippen LogP contribution in [0, 0.1) is 6.08 Å². The SMILES string of the molecule is [CH-]=NC=[C-]C.[W+2]. The first kappa shape index (κ1) is 9.44. The van der Waals surface area contributed by atoms with Gasteiger partial charge in [0, 0.05) is 0 Å². The summed E-state index contributed by atoms with van der Waals surface area (Å²) in [5.74, 6) is 0. The van der Waals surface area contributed by atoms with Crippen molar-refractivity contribution in [3.63, 3.8) is 0 Å². The first-order valence-corrected chi connectivity index (χ1v) is 1.31. The van der Waals surface area contributed by atoms with Gasteiger partial charge in [-0.15, -0.1) is 0 Å². The summed E-state index contributed by atoms with van der Waals surface area (Å²) in [4.78, 5) is 3.12. The Morgan fingerprint density at radius 2 is 2.33 bits per heavy atom. The van der Waals surface area contributed by atoms with E-state index in [0.29, 0.717) is 0 Å². The van der Waals surface area contributed by atoms with Gasteiger partial charge in [0.15, 0.2) is 0 Å². The molecule has 0 unspecified atom stereocenters. The van der Waals surface area contributed by atoms with Crippen molar-refractivity contribution < 1.29 is 21.1 Å². The molecule has 0 N–H and O–H groups in total. The first-order chi connectivity index (χ1) is 2.41. The maximum Gasteiger partial charge on any atom is 2.00 e. The van der Waals surface area contributed by atoms with Gasteiger partial charge in [0.1, 0.15) is 0 Å². The number of rotatable bonds is 1. The zero-order chi connectivity index (χ0) is 4.12. The molecule has 0 bridgehead atoms. The Labute approximate surface area is 52.4 Å². The minimum absolute atomic E-state index is 0. The van der Waals surface area contributed by atoms with Gasteiger partial charge >= 0.3 is 21.1 Å². The molecule has 0 aliphatic rings. The van der Waals surface area contributed by atoms with Crippen molar-refractivity contribution in [2.45, 2.75) is 6.92 Å². The topological polar surface area (TPSA) is 12.4 Å². The molecule has 0 fully saturated rings. The molecule has 0 aromatic carbocycles. The van der Waals surface area contributed by atoms with Gasteiger partial charge < -0.3 is 17.3 Å². The van der Waals surface area contributed by atoms with Crippen LogP contribution in [0.5, 0.6) is 0 Å². The molecular formula is C4H5NW. The van der Waals surface area contributed by atoms with Crippen LogP contribution in [-0.4, -0.2) is 6.72 Å². The molecular weight excluding hydrogens is 246 g/mol. The predicted molar refractivity (Wildman–Crippen MR) is 22.0 cm³/mol. The second kappa shape index (κ2) is 8.92. The van der Waals surface area contributed by atoms with Crippen molar-refractivity contribution in [2.75, 3.05) is 0 Å². The molecule has 6 heavy (non-hydrogen) atoms. The second-order valence-corrected chi connectivity index (χ2v) is 0.567. The first-order valence-electron chi connectivity index (χ1n) is 1.31. The van der Waals surface area contributed by atoms with Crippen LogP contribution in [-0.2, 0) is 21.1 Å². The normalized spacial score (nSPS) is 7.50. The zero-order valence-electron chi connectivity index (χ0n) is 3.51. The fourth-order valence-electron chi connectivity index (χ4n) is 0.0745. The van der Waals surface area contributed by atoms with Gasteiger partial charge in [-0.05, 0) is 0 Å². The molecule has 0 radical (unpaired) electrons. The average molecular weight is 251 g/mol. The van der Waals surface area contributed by atoms with Gasteiger partial charge in [-0.25, -0.2) is 6.92 Å². The minimum atomic E-state index is 0. The summed E-state index contributed by atoms with van der Waals surface area (Å²) in [5.41, 5.74) is 0. The van der Waals surface area contributed by atoms with Gasteiger partial charge in [-0.3, -0.25) is 0 Å². The Hall–Kier alpha value is 0.0983. The van der Waals surface area contributed by atoms with E-state index in [-0.39, 0.29) is 21.1 Å². The van der Waals surface area contributed by atoms with E-state index < -0.39 is 0 Å². The third kappa shape index (κ3) is 8.94. The van der Waals surface area contributed by atoms with Gasteiger partial charge in [0.2, 0.25) is 0 Å². The van der Waals surface area contributed by atoms with E-state index in [2.05, 4.69) is 17.8 Å². The fourth-order valence-corrected chi connectivity index (χ4v) is 0.0745. The van der Waals surface area contributed by atoms with E-state index in [4.69, 9.17) is 0 Å². The van der Waals surface area contributed by atoms with Crippen LogP contribution in [0.2, 0.25) is 0 Å². The van der Waals surface area contributed by atoms with Gasteiger partial charge in [0.25, 0.3) is 0 Å². The maximum atomic E-state index is 4.65. The van der Waals surface area contributed by atoms with Crippen molar-refractivity contribution in [2.24, 2.45) is 4.99 Å². The third-order valence-corrected chi connectivity index (χ3v) is 0.204. The summed E-state index contributed by atoms with van der Waals surface area (Å²) in [6.07, 6.45) is 4.00. The summed E-state index contributed by atoms with van der Waals surface area (Å²) in [5, 5.41) is 0. The Morgan fingerprint density at radius 1 is 1.83 bits per heavy atom. The minimum Gasteiger partial charge on any atom is -0.587 e. The molecule has 32 valence electrons. The fraction of sp³-hybridized carbons (Fsp3) is 0.250. The standard InChI is InChI=1S/C4H5N.W/c1-3-4-5-2;/h2,4H,1H3;/q-2;+2. The Balaban J connectivity index is 0. The summed E-state index contributed by atoms with van der Waals surface area (Å²) in [6, 6.07) is 0. The number of hydrogen-bond donors (Lipinski definition) is 0. The molecule has 0 aromatic rings. The molecule has 2 heteroatoms. The largest absolute Gasteiger partial charge is 2.00 e. The Bertz CT molecular complexity index is 49.5. The smallest absolute Gasteiger partial charge is 0.587 e. The van der Waals surface area contributed by atoms with Crippen LogP contribution in [0.15, 0.2) is 11.2 Å². The van der Waals surface area contributed by atoms with Crippen LogP contribution in [0.25, 0.3) is 0 Å². The van der Waals surface area contributed by atoms with Gasteiger partial charge in [-0.1, -0.05) is 0 Å². The van der Waals surface area contributed by atoms with E-state index in [1.165, 1.54) is 6.20 Å². The van der Waals surface area contributed by atoms with Crippen molar-refractivity contribution in [1.82, 2.24) is 0 Å². The number of hydrogen-bond acceptors (Lipinski definition) is 1. The van der Waals surface area contributed by atoms with Crippen LogP contribution < -0.4 is 0 Å². The van der Waals surface area contributed by atoms with Crippen molar-refractivity contribution in [1.29, 1.82) is 0 Å². The van der Waals surface area contributed by atoms with E-state index >= 15 is 0 Å². The van der Waals surface area contributed by atoms with Crippen molar-refractivity contribution >= 4 is 6.72 Å². The molecule has 0 rings (SSSR count). The number of allylic oxidation sites excluding steroid dienone is 1. The molecule has 0 amide bonds. The maximum absolute atomic E-state index is 4.65. The van der Waals surface area contributed by atoms with Crippen molar-refractivity contribution in [3.05, 3.63) is 12.3 Å². The monoisotopic (exact) mass is 251 g/mol. The zero-order valence-corrected chi connectivity index (χ0v) is 6.44. The quantitative estimate of drug-likeness (QED) is 0.485. The summed E-state index contributed by atoms with van der Waals surface area (Å²) < 4.78 is 0. The predicted octanol–water partition coefficient (Wildman–Crippen LogP) is 0.898. The van der Waals surface area contributed by atoms with E-state index in [0.717, 1.165) is 0 Å². The van der Waals surface area contributed by atoms with Crippen LogP contribution >= 0.6 is 0 Å². The molecule has 0 aliphatic carbocycles. The van der Waals surface area contributed by atoms with E-state index in [1.807, 2.05) is 0 Å². The van der Waals surface area contributed by atoms with Gasteiger partial charge in [0.05, 0.1) is 0 Å². The number of aliphatic imine (C=N–C) groups is 1. The van der Waals surface area contributed by atoms with Crippen LogP contribution in [0.4, 0.5) is 0 Å². The molecule has 0 saturated heterocycles. The Kier molecular flexibility index (Phi) is 14.0. The molecule has 0 heterocycles. The van der Waals surface area contributed by atoms with Crippen LogP contribution in [0.3, 0.4) is 0 Å². The molecule has 0 spiro atoms.